The first-order valence-electron chi connectivity index (χ1n) is 7.36. The number of hydrogen-bond acceptors (Lipinski definition) is 4. The number of phenolic OH excluding ortho intramolecular Hbond substituents is 1. The molecule has 0 atom stereocenters. The van der Waals surface area contributed by atoms with E-state index in [2.05, 4.69) is 36.8 Å². The highest BCUT2D eigenvalue weighted by Gasteiger charge is 2.20. The molecule has 2 aromatic rings. The monoisotopic (exact) mass is 490 g/mol. The standard InChI is InChI=1S/C17H17Br2ClN2O3/c1-10-12(17(24)14(20)6-13(10)19)9-22(16(23)7-18)8-11-3-4-21-15(5-11)25-2/h3-6,24H,7-9H2,1-2H3. The van der Waals surface area contributed by atoms with E-state index in [0.29, 0.717) is 18.0 Å². The maximum Gasteiger partial charge on any atom is 0.233 e. The number of phenols is 1. The van der Waals surface area contributed by atoms with Gasteiger partial charge in [-0.2, -0.15) is 0 Å². The predicted octanol–water partition coefficient (Wildman–Crippen LogP) is 4.44. The number of methoxy groups -OCH3 is 1. The molecular weight excluding hydrogens is 475 g/mol. The van der Waals surface area contributed by atoms with E-state index in [9.17, 15) is 9.90 Å². The van der Waals surface area contributed by atoms with Crippen LogP contribution in [0.3, 0.4) is 0 Å². The molecule has 0 bridgehead atoms. The molecule has 5 nitrogen and oxygen atoms in total. The number of benzene rings is 1. The fourth-order valence-electron chi connectivity index (χ4n) is 2.34. The minimum atomic E-state index is -0.106. The molecule has 1 N–H and O–H groups in total. The molecular formula is C17H17Br2ClN2O3. The lowest BCUT2D eigenvalue weighted by Crippen LogP contribution is -2.31. The van der Waals surface area contributed by atoms with Crippen molar-refractivity contribution in [2.45, 2.75) is 20.0 Å². The highest BCUT2D eigenvalue weighted by atomic mass is 79.9. The first-order valence-corrected chi connectivity index (χ1v) is 9.65. The van der Waals surface area contributed by atoms with Gasteiger partial charge in [-0.25, -0.2) is 4.98 Å². The number of pyridine rings is 1. The number of hydrogen-bond donors (Lipinski definition) is 1. The number of rotatable bonds is 6. The number of aromatic hydroxyl groups is 1. The van der Waals surface area contributed by atoms with Gasteiger partial charge in [-0.1, -0.05) is 43.5 Å². The maximum absolute atomic E-state index is 12.4. The SMILES string of the molecule is COc1cc(CN(Cc2c(C)c(Br)cc(Cl)c2O)C(=O)CBr)ccn1. The maximum atomic E-state index is 12.4. The average molecular weight is 493 g/mol. The van der Waals surface area contributed by atoms with Crippen LogP contribution in [0.4, 0.5) is 0 Å². The molecule has 0 spiro atoms. The largest absolute Gasteiger partial charge is 0.506 e. The van der Waals surface area contributed by atoms with Crippen LogP contribution in [-0.4, -0.2) is 33.3 Å². The minimum Gasteiger partial charge on any atom is -0.506 e. The molecule has 2 rings (SSSR count). The second-order valence-electron chi connectivity index (χ2n) is 5.38. The summed E-state index contributed by atoms with van der Waals surface area (Å²) in [6.45, 7) is 2.44. The second kappa shape index (κ2) is 8.87. The Morgan fingerprint density at radius 2 is 2.12 bits per heavy atom. The van der Waals surface area contributed by atoms with Crippen molar-refractivity contribution in [2.24, 2.45) is 0 Å². The topological polar surface area (TPSA) is 62.7 Å². The Kier molecular flexibility index (Phi) is 7.10. The number of alkyl halides is 1. The Morgan fingerprint density at radius 3 is 2.76 bits per heavy atom. The van der Waals surface area contributed by atoms with E-state index in [1.165, 1.54) is 0 Å². The molecule has 134 valence electrons. The summed E-state index contributed by atoms with van der Waals surface area (Å²) >= 11 is 12.7. The lowest BCUT2D eigenvalue weighted by molar-refractivity contribution is -0.129. The summed E-state index contributed by atoms with van der Waals surface area (Å²) in [6, 6.07) is 5.23. The Bertz CT molecular complexity index is 760. The molecule has 1 aromatic carbocycles. The van der Waals surface area contributed by atoms with E-state index in [4.69, 9.17) is 16.3 Å². The van der Waals surface area contributed by atoms with Gasteiger partial charge in [-0.05, 0) is 30.2 Å². The van der Waals surface area contributed by atoms with Crippen molar-refractivity contribution in [2.75, 3.05) is 12.4 Å². The number of carbonyl (C=O) groups excluding carboxylic acids is 1. The van der Waals surface area contributed by atoms with Gasteiger partial charge in [0.2, 0.25) is 11.8 Å². The second-order valence-corrected chi connectivity index (χ2v) is 7.20. The number of amides is 1. The van der Waals surface area contributed by atoms with Crippen molar-refractivity contribution in [1.29, 1.82) is 0 Å². The summed E-state index contributed by atoms with van der Waals surface area (Å²) in [7, 11) is 1.54. The van der Waals surface area contributed by atoms with Crippen LogP contribution >= 0.6 is 43.5 Å². The smallest absolute Gasteiger partial charge is 0.233 e. The Balaban J connectivity index is 2.35. The lowest BCUT2D eigenvalue weighted by Gasteiger charge is -2.24. The van der Waals surface area contributed by atoms with Crippen LogP contribution in [0.25, 0.3) is 0 Å². The molecule has 0 aliphatic carbocycles. The minimum absolute atomic E-state index is 0.0120. The normalized spacial score (nSPS) is 10.6. The Morgan fingerprint density at radius 1 is 1.40 bits per heavy atom. The summed E-state index contributed by atoms with van der Waals surface area (Å²) in [6.07, 6.45) is 1.63. The quantitative estimate of drug-likeness (QED) is 0.606. The Hall–Kier alpha value is -1.31. The summed E-state index contributed by atoms with van der Waals surface area (Å²) in [5.41, 5.74) is 2.32. The van der Waals surface area contributed by atoms with E-state index in [-0.39, 0.29) is 28.6 Å². The third kappa shape index (κ3) is 4.86. The molecule has 1 aromatic heterocycles. The van der Waals surface area contributed by atoms with Gasteiger partial charge < -0.3 is 14.7 Å². The number of ether oxygens (including phenoxy) is 1. The molecule has 0 fully saturated rings. The number of nitrogens with zero attached hydrogens (tertiary/aromatic N) is 2. The molecule has 0 aliphatic rings. The molecule has 0 saturated carbocycles. The lowest BCUT2D eigenvalue weighted by atomic mass is 10.1. The van der Waals surface area contributed by atoms with Crippen LogP contribution < -0.4 is 4.74 Å². The van der Waals surface area contributed by atoms with Crippen LogP contribution in [-0.2, 0) is 17.9 Å². The van der Waals surface area contributed by atoms with Crippen LogP contribution in [0.2, 0.25) is 5.02 Å². The molecule has 0 radical (unpaired) electrons. The van der Waals surface area contributed by atoms with Crippen molar-refractivity contribution in [3.8, 4) is 11.6 Å². The number of halogens is 3. The van der Waals surface area contributed by atoms with Crippen LogP contribution in [0.1, 0.15) is 16.7 Å². The first-order chi connectivity index (χ1) is 11.9. The van der Waals surface area contributed by atoms with Crippen molar-refractivity contribution >= 4 is 49.4 Å². The van der Waals surface area contributed by atoms with Gasteiger partial charge in [0.05, 0.1) is 24.0 Å². The van der Waals surface area contributed by atoms with E-state index in [1.807, 2.05) is 13.0 Å². The summed E-state index contributed by atoms with van der Waals surface area (Å²) in [4.78, 5) is 18.1. The van der Waals surface area contributed by atoms with Crippen LogP contribution in [0.5, 0.6) is 11.6 Å². The third-order valence-electron chi connectivity index (χ3n) is 3.77. The highest BCUT2D eigenvalue weighted by molar-refractivity contribution is 9.10. The molecule has 1 amide bonds. The van der Waals surface area contributed by atoms with Gasteiger partial charge in [0.25, 0.3) is 0 Å². The van der Waals surface area contributed by atoms with Gasteiger partial charge in [0.15, 0.2) is 0 Å². The molecule has 0 unspecified atom stereocenters. The molecule has 0 aliphatic heterocycles. The first kappa shape index (κ1) is 20.0. The van der Waals surface area contributed by atoms with E-state index >= 15 is 0 Å². The zero-order chi connectivity index (χ0) is 18.6. The fraction of sp³-hybridized carbons (Fsp3) is 0.294. The van der Waals surface area contributed by atoms with Crippen molar-refractivity contribution < 1.29 is 14.6 Å². The van der Waals surface area contributed by atoms with Crippen molar-refractivity contribution in [1.82, 2.24) is 9.88 Å². The van der Waals surface area contributed by atoms with Gasteiger partial charge in [-0.15, -0.1) is 0 Å². The summed E-state index contributed by atoms with van der Waals surface area (Å²) in [5.74, 6) is 0.362. The average Bonchev–Trinajstić information content (AvgIpc) is 2.62. The van der Waals surface area contributed by atoms with E-state index in [0.717, 1.165) is 15.6 Å². The fourth-order valence-corrected chi connectivity index (χ4v) is 3.51. The van der Waals surface area contributed by atoms with Gasteiger partial charge in [0, 0.05) is 28.8 Å². The van der Waals surface area contributed by atoms with Gasteiger partial charge in [0.1, 0.15) is 5.75 Å². The van der Waals surface area contributed by atoms with Crippen LogP contribution in [0.15, 0.2) is 28.9 Å². The molecule has 0 saturated heterocycles. The van der Waals surface area contributed by atoms with Gasteiger partial charge >= 0.3 is 0 Å². The van der Waals surface area contributed by atoms with E-state index < -0.39 is 0 Å². The number of aromatic nitrogens is 1. The molecule has 25 heavy (non-hydrogen) atoms. The van der Waals surface area contributed by atoms with Crippen molar-refractivity contribution in [3.05, 3.63) is 50.6 Å². The van der Waals surface area contributed by atoms with Crippen molar-refractivity contribution in [3.63, 3.8) is 0 Å². The number of carbonyl (C=O) groups is 1. The zero-order valence-corrected chi connectivity index (χ0v) is 17.7. The van der Waals surface area contributed by atoms with Crippen LogP contribution in [0, 0.1) is 6.92 Å². The Labute approximate surface area is 168 Å². The molecule has 1 heterocycles. The highest BCUT2D eigenvalue weighted by Crippen LogP contribution is 2.36. The molecule has 8 heteroatoms. The summed E-state index contributed by atoms with van der Waals surface area (Å²) in [5, 5.41) is 10.7. The summed E-state index contributed by atoms with van der Waals surface area (Å²) < 4.78 is 5.90. The predicted molar refractivity (Wildman–Crippen MR) is 104 cm³/mol. The van der Waals surface area contributed by atoms with Gasteiger partial charge in [-0.3, -0.25) is 4.79 Å². The third-order valence-corrected chi connectivity index (χ3v) is 5.37. The zero-order valence-electron chi connectivity index (χ0n) is 13.7. The van der Waals surface area contributed by atoms with E-state index in [1.54, 1.807) is 30.3 Å².